The molecule has 0 aliphatic heterocycles. The number of methoxy groups -OCH3 is 2. The quantitative estimate of drug-likeness (QED) is 0.394. The highest BCUT2D eigenvalue weighted by Gasteiger charge is 2.43. The van der Waals surface area contributed by atoms with Crippen LogP contribution in [0.4, 0.5) is 0 Å². The Morgan fingerprint density at radius 2 is 1.36 bits per heavy atom. The van der Waals surface area contributed by atoms with Crippen LogP contribution < -0.4 is 0 Å². The van der Waals surface area contributed by atoms with E-state index in [1.807, 2.05) is 19.1 Å². The van der Waals surface area contributed by atoms with Crippen molar-refractivity contribution in [3.8, 4) is 0 Å². The fraction of sp³-hybridized carbons (Fsp3) is 0.318. The number of rotatable bonds is 7. The molecule has 0 bridgehead atoms. The van der Waals surface area contributed by atoms with E-state index in [1.54, 1.807) is 43.3 Å². The number of Topliss-reactive ketones (excluding diaryl/α,β-unsaturated/α-hetero) is 1. The summed E-state index contributed by atoms with van der Waals surface area (Å²) in [6, 6.07) is 13.9. The van der Waals surface area contributed by atoms with Crippen molar-refractivity contribution in [3.05, 3.63) is 70.2 Å². The van der Waals surface area contributed by atoms with Gasteiger partial charge in [0.05, 0.1) is 14.2 Å². The molecule has 0 aliphatic rings. The van der Waals surface area contributed by atoms with Crippen LogP contribution >= 0.6 is 11.6 Å². The maximum atomic E-state index is 13.1. The number of aryl methyl sites for hydroxylation is 1. The number of hydrogen-bond donors (Lipinski definition) is 0. The lowest BCUT2D eigenvalue weighted by Gasteiger charge is -2.28. The van der Waals surface area contributed by atoms with Gasteiger partial charge in [0.25, 0.3) is 0 Å². The summed E-state index contributed by atoms with van der Waals surface area (Å²) in [7, 11) is 2.40. The molecule has 0 saturated carbocycles. The fourth-order valence-electron chi connectivity index (χ4n) is 3.24. The lowest BCUT2D eigenvalue weighted by atomic mass is 9.74. The van der Waals surface area contributed by atoms with Crippen LogP contribution in [0.1, 0.15) is 34.3 Å². The molecule has 0 saturated heterocycles. The van der Waals surface area contributed by atoms with Gasteiger partial charge in [-0.3, -0.25) is 14.4 Å². The number of esters is 2. The van der Waals surface area contributed by atoms with Gasteiger partial charge >= 0.3 is 11.9 Å². The van der Waals surface area contributed by atoms with Crippen LogP contribution in [0, 0.1) is 18.8 Å². The van der Waals surface area contributed by atoms with E-state index in [9.17, 15) is 14.4 Å². The number of benzene rings is 2. The van der Waals surface area contributed by atoms with Gasteiger partial charge in [0.2, 0.25) is 0 Å². The van der Waals surface area contributed by atoms with Gasteiger partial charge in [-0.1, -0.05) is 60.5 Å². The van der Waals surface area contributed by atoms with Gasteiger partial charge in [-0.05, 0) is 24.6 Å². The van der Waals surface area contributed by atoms with Crippen molar-refractivity contribution in [2.45, 2.75) is 19.8 Å². The predicted molar refractivity (Wildman–Crippen MR) is 106 cm³/mol. The van der Waals surface area contributed by atoms with E-state index >= 15 is 0 Å². The number of hydrogen-bond acceptors (Lipinski definition) is 5. The molecule has 148 valence electrons. The number of ketones is 1. The summed E-state index contributed by atoms with van der Waals surface area (Å²) < 4.78 is 9.67. The molecule has 2 atom stereocenters. The fourth-order valence-corrected chi connectivity index (χ4v) is 3.37. The molecule has 0 fully saturated rings. The minimum atomic E-state index is -1.28. The van der Waals surface area contributed by atoms with Crippen molar-refractivity contribution in [3.63, 3.8) is 0 Å². The molecule has 0 N–H and O–H groups in total. The van der Waals surface area contributed by atoms with Crippen LogP contribution in [-0.2, 0) is 19.1 Å². The lowest BCUT2D eigenvalue weighted by molar-refractivity contribution is -0.160. The molecule has 2 aromatic carbocycles. The second-order valence-corrected chi connectivity index (χ2v) is 7.06. The molecule has 5 nitrogen and oxygen atoms in total. The number of halogens is 1. The first-order chi connectivity index (χ1) is 13.3. The third kappa shape index (κ3) is 4.78. The van der Waals surface area contributed by atoms with Crippen LogP contribution in [0.3, 0.4) is 0 Å². The monoisotopic (exact) mass is 402 g/mol. The highest BCUT2D eigenvalue weighted by molar-refractivity contribution is 6.30. The molecule has 0 heterocycles. The molecular weight excluding hydrogens is 380 g/mol. The summed E-state index contributed by atoms with van der Waals surface area (Å²) in [6.45, 7) is 3.62. The maximum absolute atomic E-state index is 13.1. The summed E-state index contributed by atoms with van der Waals surface area (Å²) in [6.07, 6.45) is 0. The summed E-state index contributed by atoms with van der Waals surface area (Å²) in [5.41, 5.74) is 2.16. The summed E-state index contributed by atoms with van der Waals surface area (Å²) in [5.74, 6) is -4.43. The first-order valence-electron chi connectivity index (χ1n) is 8.82. The molecule has 0 aliphatic carbocycles. The van der Waals surface area contributed by atoms with E-state index in [1.165, 1.54) is 14.2 Å². The largest absolute Gasteiger partial charge is 0.468 e. The molecule has 2 rings (SSSR count). The molecule has 0 spiro atoms. The number of carbonyl (C=O) groups is 3. The average molecular weight is 403 g/mol. The maximum Gasteiger partial charge on any atom is 0.320 e. The van der Waals surface area contributed by atoms with Gasteiger partial charge in [-0.25, -0.2) is 0 Å². The second kappa shape index (κ2) is 9.51. The Morgan fingerprint density at radius 1 is 0.857 bits per heavy atom. The van der Waals surface area contributed by atoms with Crippen molar-refractivity contribution in [1.29, 1.82) is 0 Å². The Balaban J connectivity index is 2.53. The minimum Gasteiger partial charge on any atom is -0.468 e. The summed E-state index contributed by atoms with van der Waals surface area (Å²) >= 11 is 5.98. The molecule has 0 radical (unpaired) electrons. The van der Waals surface area contributed by atoms with Crippen molar-refractivity contribution >= 4 is 29.3 Å². The molecule has 6 heteroatoms. The van der Waals surface area contributed by atoms with E-state index in [0.29, 0.717) is 16.1 Å². The molecule has 0 aromatic heterocycles. The van der Waals surface area contributed by atoms with Gasteiger partial charge in [-0.15, -0.1) is 0 Å². The van der Waals surface area contributed by atoms with Crippen molar-refractivity contribution in [2.24, 2.45) is 11.8 Å². The van der Waals surface area contributed by atoms with Gasteiger partial charge in [0.1, 0.15) is 0 Å². The first kappa shape index (κ1) is 21.6. The van der Waals surface area contributed by atoms with E-state index in [2.05, 4.69) is 0 Å². The lowest BCUT2D eigenvalue weighted by Crippen LogP contribution is -2.37. The van der Waals surface area contributed by atoms with Crippen molar-refractivity contribution in [1.82, 2.24) is 0 Å². The van der Waals surface area contributed by atoms with Crippen LogP contribution in [0.5, 0.6) is 0 Å². The zero-order valence-electron chi connectivity index (χ0n) is 16.3. The molecule has 0 amide bonds. The Bertz CT molecular complexity index is 826. The Hall–Kier alpha value is -2.66. The minimum absolute atomic E-state index is 0.183. The zero-order chi connectivity index (χ0) is 20.8. The average Bonchev–Trinajstić information content (AvgIpc) is 2.71. The third-order valence-corrected chi connectivity index (χ3v) is 5.06. The number of ether oxygens (including phenoxy) is 2. The highest BCUT2D eigenvalue weighted by Crippen LogP contribution is 2.36. The Kier molecular flexibility index (Phi) is 7.35. The highest BCUT2D eigenvalue weighted by atomic mass is 35.5. The summed E-state index contributed by atoms with van der Waals surface area (Å²) in [4.78, 5) is 38.0. The van der Waals surface area contributed by atoms with E-state index in [-0.39, 0.29) is 5.78 Å². The summed E-state index contributed by atoms with van der Waals surface area (Å²) in [5, 5.41) is 0.507. The number of carbonyl (C=O) groups excluding carboxylic acids is 3. The topological polar surface area (TPSA) is 69.7 Å². The second-order valence-electron chi connectivity index (χ2n) is 6.62. The molecule has 2 aromatic rings. The normalized spacial score (nSPS) is 12.9. The molecular formula is C22H23ClO5. The van der Waals surface area contributed by atoms with Gasteiger partial charge in [0.15, 0.2) is 11.7 Å². The van der Waals surface area contributed by atoms with Crippen LogP contribution in [-0.4, -0.2) is 31.9 Å². The standard InChI is InChI=1S/C22H23ClO5/c1-13-5-7-16(8-6-13)20(24)14(2)18(15-9-11-17(23)12-10-15)19(21(25)27-3)22(26)28-4/h5-12,14,18-19H,1-4H3. The first-order valence-corrected chi connectivity index (χ1v) is 9.20. The van der Waals surface area contributed by atoms with Gasteiger partial charge < -0.3 is 9.47 Å². The molecule has 2 unspecified atom stereocenters. The van der Waals surface area contributed by atoms with Crippen LogP contribution in [0.15, 0.2) is 48.5 Å². The smallest absolute Gasteiger partial charge is 0.320 e. The van der Waals surface area contributed by atoms with E-state index < -0.39 is 29.7 Å². The van der Waals surface area contributed by atoms with Crippen molar-refractivity contribution < 1.29 is 23.9 Å². The Labute approximate surface area is 169 Å². The predicted octanol–water partition coefficient (Wildman–Crippen LogP) is 4.21. The van der Waals surface area contributed by atoms with Crippen LogP contribution in [0.25, 0.3) is 0 Å². The van der Waals surface area contributed by atoms with Crippen molar-refractivity contribution in [2.75, 3.05) is 14.2 Å². The molecule has 28 heavy (non-hydrogen) atoms. The third-order valence-electron chi connectivity index (χ3n) is 4.81. The Morgan fingerprint density at radius 3 is 1.82 bits per heavy atom. The van der Waals surface area contributed by atoms with Crippen LogP contribution in [0.2, 0.25) is 5.02 Å². The van der Waals surface area contributed by atoms with E-state index in [0.717, 1.165) is 5.56 Å². The zero-order valence-corrected chi connectivity index (χ0v) is 17.0. The van der Waals surface area contributed by atoms with Gasteiger partial charge in [0, 0.05) is 22.4 Å². The van der Waals surface area contributed by atoms with E-state index in [4.69, 9.17) is 21.1 Å². The van der Waals surface area contributed by atoms with Gasteiger partial charge in [-0.2, -0.15) is 0 Å². The SMILES string of the molecule is COC(=O)C(C(=O)OC)C(c1ccc(Cl)cc1)C(C)C(=O)c1ccc(C)cc1.